The smallest absolute Gasteiger partial charge is 0.256 e. The van der Waals surface area contributed by atoms with Crippen LogP contribution in [0.4, 0.5) is 8.78 Å². The van der Waals surface area contributed by atoms with Crippen LogP contribution < -0.4 is 0 Å². The second-order valence-corrected chi connectivity index (χ2v) is 4.51. The Labute approximate surface area is 114 Å². The van der Waals surface area contributed by atoms with Crippen LogP contribution in [0.15, 0.2) is 12.1 Å². The van der Waals surface area contributed by atoms with E-state index in [1.165, 1.54) is 4.90 Å². The first-order chi connectivity index (χ1) is 8.51. The van der Waals surface area contributed by atoms with Gasteiger partial charge in [0.25, 0.3) is 5.91 Å². The van der Waals surface area contributed by atoms with Crippen LogP contribution in [0.3, 0.4) is 0 Å². The number of carbonyl (C=O) groups excluding carboxylic acids is 1. The van der Waals surface area contributed by atoms with Gasteiger partial charge in [0, 0.05) is 19.0 Å². The van der Waals surface area contributed by atoms with Crippen molar-refractivity contribution in [2.45, 2.75) is 13.3 Å². The molecule has 6 heteroatoms. The molecule has 0 bridgehead atoms. The fourth-order valence-electron chi connectivity index (χ4n) is 1.54. The van der Waals surface area contributed by atoms with Crippen molar-refractivity contribution in [3.63, 3.8) is 0 Å². The van der Waals surface area contributed by atoms with Crippen LogP contribution in [0, 0.1) is 11.6 Å². The first-order valence-corrected chi connectivity index (χ1v) is 6.42. The molecule has 0 aromatic heterocycles. The van der Waals surface area contributed by atoms with Crippen molar-refractivity contribution >= 4 is 29.1 Å². The summed E-state index contributed by atoms with van der Waals surface area (Å²) in [5.41, 5.74) is -0.324. The summed E-state index contributed by atoms with van der Waals surface area (Å²) in [7, 11) is 0. The SMILES string of the molecule is CCCN(CCCl)C(=O)c1cc(F)c(Cl)cc1F. The topological polar surface area (TPSA) is 20.3 Å². The molecule has 0 saturated carbocycles. The number of halogens is 4. The molecule has 1 rings (SSSR count). The van der Waals surface area contributed by atoms with Crippen molar-refractivity contribution in [1.29, 1.82) is 0 Å². The third-order valence-corrected chi connectivity index (χ3v) is 2.83. The largest absolute Gasteiger partial charge is 0.337 e. The zero-order valence-electron chi connectivity index (χ0n) is 9.85. The number of amides is 1. The third kappa shape index (κ3) is 3.56. The zero-order valence-corrected chi connectivity index (χ0v) is 11.4. The zero-order chi connectivity index (χ0) is 13.7. The molecule has 0 fully saturated rings. The van der Waals surface area contributed by atoms with E-state index in [1.807, 2.05) is 6.92 Å². The average Bonchev–Trinajstić information content (AvgIpc) is 2.33. The van der Waals surface area contributed by atoms with Crippen molar-refractivity contribution in [2.24, 2.45) is 0 Å². The molecule has 0 atom stereocenters. The highest BCUT2D eigenvalue weighted by Gasteiger charge is 2.20. The van der Waals surface area contributed by atoms with E-state index in [-0.39, 0.29) is 23.0 Å². The number of hydrogen-bond acceptors (Lipinski definition) is 1. The van der Waals surface area contributed by atoms with Crippen LogP contribution in [0.1, 0.15) is 23.7 Å². The minimum atomic E-state index is -0.831. The van der Waals surface area contributed by atoms with Crippen molar-refractivity contribution in [3.8, 4) is 0 Å². The van der Waals surface area contributed by atoms with Gasteiger partial charge in [-0.1, -0.05) is 18.5 Å². The Kier molecular flexibility index (Phi) is 5.82. The molecule has 0 aliphatic rings. The van der Waals surface area contributed by atoms with E-state index < -0.39 is 17.5 Å². The number of alkyl halides is 1. The Morgan fingerprint density at radius 3 is 2.50 bits per heavy atom. The van der Waals surface area contributed by atoms with Crippen LogP contribution in [-0.4, -0.2) is 29.8 Å². The van der Waals surface area contributed by atoms with Gasteiger partial charge < -0.3 is 4.90 Å². The molecule has 100 valence electrons. The van der Waals surface area contributed by atoms with E-state index in [0.29, 0.717) is 13.0 Å². The van der Waals surface area contributed by atoms with Crippen LogP contribution in [-0.2, 0) is 0 Å². The van der Waals surface area contributed by atoms with Crippen LogP contribution >= 0.6 is 23.2 Å². The highest BCUT2D eigenvalue weighted by atomic mass is 35.5. The lowest BCUT2D eigenvalue weighted by Crippen LogP contribution is -2.34. The van der Waals surface area contributed by atoms with Gasteiger partial charge in [-0.05, 0) is 18.6 Å². The van der Waals surface area contributed by atoms with Gasteiger partial charge >= 0.3 is 0 Å². The molecule has 18 heavy (non-hydrogen) atoms. The minimum absolute atomic E-state index is 0.240. The Hall–Kier alpha value is -0.870. The summed E-state index contributed by atoms with van der Waals surface area (Å²) in [5, 5.41) is -0.344. The van der Waals surface area contributed by atoms with Gasteiger partial charge in [-0.2, -0.15) is 0 Å². The van der Waals surface area contributed by atoms with E-state index in [1.54, 1.807) is 0 Å². The second kappa shape index (κ2) is 6.90. The maximum absolute atomic E-state index is 13.6. The first kappa shape index (κ1) is 15.2. The summed E-state index contributed by atoms with van der Waals surface area (Å²) >= 11 is 11.0. The molecule has 0 radical (unpaired) electrons. The Morgan fingerprint density at radius 2 is 1.94 bits per heavy atom. The molecule has 0 N–H and O–H groups in total. The molecule has 1 amide bonds. The van der Waals surface area contributed by atoms with Crippen LogP contribution in [0.25, 0.3) is 0 Å². The quantitative estimate of drug-likeness (QED) is 0.599. The van der Waals surface area contributed by atoms with Crippen molar-refractivity contribution < 1.29 is 13.6 Å². The molecule has 0 saturated heterocycles. The monoisotopic (exact) mass is 295 g/mol. The number of rotatable bonds is 5. The summed E-state index contributed by atoms with van der Waals surface area (Å²) in [6.45, 7) is 2.61. The molecule has 0 spiro atoms. The Bertz CT molecular complexity index is 434. The number of benzene rings is 1. The maximum Gasteiger partial charge on any atom is 0.256 e. The predicted octanol–water partition coefficient (Wildman–Crippen LogP) is 3.71. The minimum Gasteiger partial charge on any atom is -0.337 e. The summed E-state index contributed by atoms with van der Waals surface area (Å²) < 4.78 is 26.8. The third-order valence-electron chi connectivity index (χ3n) is 2.38. The van der Waals surface area contributed by atoms with Gasteiger partial charge in [0.2, 0.25) is 0 Å². The molecule has 0 unspecified atom stereocenters. The Morgan fingerprint density at radius 1 is 1.28 bits per heavy atom. The molecule has 1 aromatic carbocycles. The number of nitrogens with zero attached hydrogens (tertiary/aromatic N) is 1. The van der Waals surface area contributed by atoms with Crippen molar-refractivity contribution in [1.82, 2.24) is 4.90 Å². The Balaban J connectivity index is 3.04. The van der Waals surface area contributed by atoms with Crippen LogP contribution in [0.2, 0.25) is 5.02 Å². The molecule has 0 aliphatic carbocycles. The lowest BCUT2D eigenvalue weighted by atomic mass is 10.1. The van der Waals surface area contributed by atoms with Gasteiger partial charge in [-0.15, -0.1) is 11.6 Å². The summed E-state index contributed by atoms with van der Waals surface area (Å²) in [5.74, 6) is -1.99. The van der Waals surface area contributed by atoms with E-state index in [4.69, 9.17) is 23.2 Å². The summed E-state index contributed by atoms with van der Waals surface area (Å²) in [6.07, 6.45) is 0.709. The van der Waals surface area contributed by atoms with Crippen molar-refractivity contribution in [2.75, 3.05) is 19.0 Å². The molecule has 0 heterocycles. The molecular weight excluding hydrogens is 283 g/mol. The fraction of sp³-hybridized carbons (Fsp3) is 0.417. The second-order valence-electron chi connectivity index (χ2n) is 3.73. The lowest BCUT2D eigenvalue weighted by molar-refractivity contribution is 0.0760. The summed E-state index contributed by atoms with van der Waals surface area (Å²) in [4.78, 5) is 13.4. The summed E-state index contributed by atoms with van der Waals surface area (Å²) in [6, 6.07) is 1.62. The number of hydrogen-bond donors (Lipinski definition) is 0. The van der Waals surface area contributed by atoms with Gasteiger partial charge in [0.05, 0.1) is 10.6 Å². The molecule has 0 aliphatic heterocycles. The highest BCUT2D eigenvalue weighted by molar-refractivity contribution is 6.30. The fourth-order valence-corrected chi connectivity index (χ4v) is 1.90. The van der Waals surface area contributed by atoms with E-state index in [9.17, 15) is 13.6 Å². The average molecular weight is 296 g/mol. The maximum atomic E-state index is 13.6. The predicted molar refractivity (Wildman–Crippen MR) is 68.3 cm³/mol. The normalized spacial score (nSPS) is 10.5. The van der Waals surface area contributed by atoms with Crippen LogP contribution in [0.5, 0.6) is 0 Å². The van der Waals surface area contributed by atoms with E-state index in [2.05, 4.69) is 0 Å². The van der Waals surface area contributed by atoms with Gasteiger partial charge in [0.15, 0.2) is 0 Å². The van der Waals surface area contributed by atoms with Gasteiger partial charge in [0.1, 0.15) is 11.6 Å². The van der Waals surface area contributed by atoms with Gasteiger partial charge in [-0.3, -0.25) is 4.79 Å². The first-order valence-electron chi connectivity index (χ1n) is 5.51. The van der Waals surface area contributed by atoms with E-state index >= 15 is 0 Å². The number of carbonyl (C=O) groups is 1. The molecule has 2 nitrogen and oxygen atoms in total. The molecule has 1 aromatic rings. The standard InChI is InChI=1S/C12H13Cl2F2NO/c1-2-4-17(5-3-13)12(18)8-6-11(16)9(14)7-10(8)15/h6-7H,2-5H2,1H3. The van der Waals surface area contributed by atoms with Gasteiger partial charge in [-0.25, -0.2) is 8.78 Å². The highest BCUT2D eigenvalue weighted by Crippen LogP contribution is 2.20. The van der Waals surface area contributed by atoms with E-state index in [0.717, 1.165) is 12.1 Å². The van der Waals surface area contributed by atoms with Crippen molar-refractivity contribution in [3.05, 3.63) is 34.4 Å². The lowest BCUT2D eigenvalue weighted by Gasteiger charge is -2.21. The molecular formula is C12H13Cl2F2NO.